The van der Waals surface area contributed by atoms with E-state index in [9.17, 15) is 0 Å². The lowest BCUT2D eigenvalue weighted by molar-refractivity contribution is -0.0625. The van der Waals surface area contributed by atoms with Gasteiger partial charge < -0.3 is 14.8 Å². The fraction of sp³-hybridized carbons (Fsp3) is 0.625. The van der Waals surface area contributed by atoms with Gasteiger partial charge >= 0.3 is 0 Å². The van der Waals surface area contributed by atoms with Crippen LogP contribution in [0.5, 0.6) is 5.75 Å². The van der Waals surface area contributed by atoms with Crippen molar-refractivity contribution in [1.82, 2.24) is 10.2 Å². The number of hydrogen-bond donors (Lipinski definition) is 1. The van der Waals surface area contributed by atoms with Gasteiger partial charge in [0.15, 0.2) is 0 Å². The van der Waals surface area contributed by atoms with Crippen molar-refractivity contribution < 1.29 is 9.47 Å². The van der Waals surface area contributed by atoms with Crippen LogP contribution in [-0.4, -0.2) is 50.9 Å². The van der Waals surface area contributed by atoms with Crippen LogP contribution in [0.15, 0.2) is 22.7 Å². The molecule has 5 heteroatoms. The minimum Gasteiger partial charge on any atom is -0.496 e. The Hall–Kier alpha value is -0.620. The molecule has 1 aromatic rings. The highest BCUT2D eigenvalue weighted by Crippen LogP contribution is 2.36. The van der Waals surface area contributed by atoms with Crippen LogP contribution in [0.4, 0.5) is 0 Å². The van der Waals surface area contributed by atoms with E-state index in [0.29, 0.717) is 6.04 Å². The summed E-state index contributed by atoms with van der Waals surface area (Å²) in [5.74, 6) is 0.912. The van der Waals surface area contributed by atoms with Crippen LogP contribution in [0.25, 0.3) is 0 Å². The monoisotopic (exact) mass is 356 g/mol. The highest BCUT2D eigenvalue weighted by Gasteiger charge is 2.33. The van der Waals surface area contributed by atoms with Crippen LogP contribution in [0.1, 0.15) is 25.5 Å². The number of nitrogens with one attached hydrogen (secondary N) is 1. The maximum absolute atomic E-state index is 6.03. The zero-order valence-electron chi connectivity index (χ0n) is 13.2. The van der Waals surface area contributed by atoms with Crippen molar-refractivity contribution in [3.63, 3.8) is 0 Å². The van der Waals surface area contributed by atoms with Crippen LogP contribution in [-0.2, 0) is 4.74 Å². The molecule has 0 spiro atoms. The number of methoxy groups -OCH3 is 1. The molecule has 118 valence electrons. The molecule has 0 radical (unpaired) electrons. The number of likely N-dealkylation sites (N-methyl/N-ethyl adjacent to an activating group) is 1. The van der Waals surface area contributed by atoms with E-state index in [1.807, 2.05) is 12.1 Å². The first kappa shape index (κ1) is 16.7. The van der Waals surface area contributed by atoms with E-state index in [2.05, 4.69) is 53.1 Å². The Morgan fingerprint density at radius 2 is 2.24 bits per heavy atom. The lowest BCUT2D eigenvalue weighted by atomic mass is 9.97. The lowest BCUT2D eigenvalue weighted by Crippen LogP contribution is -2.48. The quantitative estimate of drug-likeness (QED) is 0.879. The third kappa shape index (κ3) is 4.19. The Labute approximate surface area is 135 Å². The summed E-state index contributed by atoms with van der Waals surface area (Å²) >= 11 is 3.56. The van der Waals surface area contributed by atoms with Gasteiger partial charge in [0.1, 0.15) is 5.75 Å². The number of hydrogen-bond acceptors (Lipinski definition) is 4. The lowest BCUT2D eigenvalue weighted by Gasteiger charge is -2.40. The van der Waals surface area contributed by atoms with Crippen LogP contribution in [0.2, 0.25) is 0 Å². The summed E-state index contributed by atoms with van der Waals surface area (Å²) in [5.41, 5.74) is 1.17. The van der Waals surface area contributed by atoms with Gasteiger partial charge in [-0.05, 0) is 25.2 Å². The standard InChI is InChI=1S/C16H25BrN2O2/c1-11(2)18-10-15-16(19(3)7-8-21-15)13-9-12(17)5-6-14(13)20-4/h5-6,9,11,15-16,18H,7-8,10H2,1-4H3. The molecule has 1 saturated heterocycles. The highest BCUT2D eigenvalue weighted by molar-refractivity contribution is 9.10. The van der Waals surface area contributed by atoms with Gasteiger partial charge in [0.25, 0.3) is 0 Å². The van der Waals surface area contributed by atoms with Crippen LogP contribution in [0.3, 0.4) is 0 Å². The summed E-state index contributed by atoms with van der Waals surface area (Å²) in [6, 6.07) is 6.79. The first-order valence-electron chi connectivity index (χ1n) is 7.41. The van der Waals surface area contributed by atoms with Crippen LogP contribution >= 0.6 is 15.9 Å². The second kappa shape index (κ2) is 7.58. The Morgan fingerprint density at radius 3 is 2.90 bits per heavy atom. The predicted molar refractivity (Wildman–Crippen MR) is 88.9 cm³/mol. The van der Waals surface area contributed by atoms with Gasteiger partial charge in [-0.2, -0.15) is 0 Å². The molecule has 4 nitrogen and oxygen atoms in total. The summed E-state index contributed by atoms with van der Waals surface area (Å²) in [4.78, 5) is 2.35. The average Bonchev–Trinajstić information content (AvgIpc) is 2.45. The molecule has 2 rings (SSSR count). The molecule has 0 amide bonds. The molecule has 1 aliphatic heterocycles. The largest absolute Gasteiger partial charge is 0.496 e. The minimum absolute atomic E-state index is 0.120. The van der Waals surface area contributed by atoms with Crippen molar-refractivity contribution in [3.05, 3.63) is 28.2 Å². The van der Waals surface area contributed by atoms with Crippen molar-refractivity contribution in [2.24, 2.45) is 0 Å². The van der Waals surface area contributed by atoms with Gasteiger partial charge in [-0.3, -0.25) is 4.90 Å². The molecular weight excluding hydrogens is 332 g/mol. The second-order valence-corrected chi connectivity index (χ2v) is 6.70. The van der Waals surface area contributed by atoms with E-state index in [-0.39, 0.29) is 12.1 Å². The van der Waals surface area contributed by atoms with Gasteiger partial charge in [-0.25, -0.2) is 0 Å². The fourth-order valence-corrected chi connectivity index (χ4v) is 3.14. The smallest absolute Gasteiger partial charge is 0.123 e. The molecule has 2 unspecified atom stereocenters. The topological polar surface area (TPSA) is 33.7 Å². The minimum atomic E-state index is 0.120. The van der Waals surface area contributed by atoms with Crippen LogP contribution in [0, 0.1) is 0 Å². The molecule has 1 aliphatic rings. The van der Waals surface area contributed by atoms with Gasteiger partial charge in [-0.15, -0.1) is 0 Å². The highest BCUT2D eigenvalue weighted by atomic mass is 79.9. The Morgan fingerprint density at radius 1 is 1.48 bits per heavy atom. The van der Waals surface area contributed by atoms with E-state index in [1.54, 1.807) is 7.11 Å². The molecule has 0 aliphatic carbocycles. The number of rotatable bonds is 5. The van der Waals surface area contributed by atoms with E-state index >= 15 is 0 Å². The molecule has 1 aromatic carbocycles. The third-order valence-corrected chi connectivity index (χ3v) is 4.33. The molecule has 0 bridgehead atoms. The zero-order valence-corrected chi connectivity index (χ0v) is 14.8. The van der Waals surface area contributed by atoms with E-state index in [4.69, 9.17) is 9.47 Å². The summed E-state index contributed by atoms with van der Waals surface area (Å²) in [7, 11) is 3.87. The summed E-state index contributed by atoms with van der Waals surface area (Å²) in [5, 5.41) is 3.48. The maximum Gasteiger partial charge on any atom is 0.123 e. The number of ether oxygens (including phenoxy) is 2. The Kier molecular flexibility index (Phi) is 6.05. The molecular formula is C16H25BrN2O2. The van der Waals surface area contributed by atoms with Crippen molar-refractivity contribution in [2.75, 3.05) is 33.9 Å². The normalized spacial score (nSPS) is 23.5. The summed E-state index contributed by atoms with van der Waals surface area (Å²) in [6.07, 6.45) is 0.120. The van der Waals surface area contributed by atoms with Crippen molar-refractivity contribution in [2.45, 2.75) is 32.0 Å². The van der Waals surface area contributed by atoms with Crippen molar-refractivity contribution in [3.8, 4) is 5.75 Å². The SMILES string of the molecule is COc1ccc(Br)cc1C1C(CNC(C)C)OCCN1C. The Bertz CT molecular complexity index is 468. The van der Waals surface area contributed by atoms with Crippen LogP contribution < -0.4 is 10.1 Å². The van der Waals surface area contributed by atoms with E-state index < -0.39 is 0 Å². The first-order valence-corrected chi connectivity index (χ1v) is 8.21. The molecule has 1 heterocycles. The summed E-state index contributed by atoms with van der Waals surface area (Å²) in [6.45, 7) is 6.84. The molecule has 2 atom stereocenters. The van der Waals surface area contributed by atoms with Crippen molar-refractivity contribution >= 4 is 15.9 Å². The second-order valence-electron chi connectivity index (χ2n) is 5.78. The van der Waals surface area contributed by atoms with Gasteiger partial charge in [0.2, 0.25) is 0 Å². The first-order chi connectivity index (χ1) is 10.0. The maximum atomic E-state index is 6.03. The Balaban J connectivity index is 2.29. The number of halogens is 1. The predicted octanol–water partition coefficient (Wildman–Crippen LogP) is 2.83. The number of benzene rings is 1. The van der Waals surface area contributed by atoms with Gasteiger partial charge in [-0.1, -0.05) is 29.8 Å². The number of nitrogens with zero attached hydrogens (tertiary/aromatic N) is 1. The van der Waals surface area contributed by atoms with Gasteiger partial charge in [0, 0.05) is 29.2 Å². The zero-order chi connectivity index (χ0) is 15.4. The van der Waals surface area contributed by atoms with E-state index in [1.165, 1.54) is 5.56 Å². The van der Waals surface area contributed by atoms with Crippen molar-refractivity contribution in [1.29, 1.82) is 0 Å². The molecule has 0 saturated carbocycles. The summed E-state index contributed by atoms with van der Waals surface area (Å²) < 4.78 is 12.6. The fourth-order valence-electron chi connectivity index (χ4n) is 2.76. The number of morpholine rings is 1. The molecule has 1 fully saturated rings. The third-order valence-electron chi connectivity index (χ3n) is 3.84. The van der Waals surface area contributed by atoms with Gasteiger partial charge in [0.05, 0.1) is 25.9 Å². The molecule has 21 heavy (non-hydrogen) atoms. The van der Waals surface area contributed by atoms with E-state index in [0.717, 1.165) is 29.9 Å². The average molecular weight is 357 g/mol. The molecule has 1 N–H and O–H groups in total. The molecule has 0 aromatic heterocycles.